The fraction of sp³-hybridized carbons (Fsp3) is 0.348. The second-order valence-electron chi connectivity index (χ2n) is 7.83. The van der Waals surface area contributed by atoms with Crippen LogP contribution in [0.1, 0.15) is 12.0 Å². The minimum atomic E-state index is -3.45. The van der Waals surface area contributed by atoms with Crippen LogP contribution >= 0.6 is 0 Å². The molecule has 2 aliphatic heterocycles. The summed E-state index contributed by atoms with van der Waals surface area (Å²) in [5.74, 6) is 0.146. The van der Waals surface area contributed by atoms with Crippen LogP contribution in [-0.4, -0.2) is 69.3 Å². The topological polar surface area (TPSA) is 62.1 Å². The lowest BCUT2D eigenvalue weighted by atomic mass is 9.99. The number of sulfonamides is 1. The molecular formula is C23H28N3O3S+. The van der Waals surface area contributed by atoms with Gasteiger partial charge in [0, 0.05) is 13.1 Å². The molecule has 0 unspecified atom stereocenters. The van der Waals surface area contributed by atoms with Gasteiger partial charge in [0.25, 0.3) is 5.91 Å². The molecule has 1 saturated heterocycles. The van der Waals surface area contributed by atoms with E-state index in [1.165, 1.54) is 15.4 Å². The molecule has 30 heavy (non-hydrogen) atoms. The van der Waals surface area contributed by atoms with E-state index in [9.17, 15) is 13.2 Å². The number of piperazine rings is 1. The first-order chi connectivity index (χ1) is 14.5. The summed E-state index contributed by atoms with van der Waals surface area (Å²) in [7, 11) is -3.45. The Morgan fingerprint density at radius 1 is 0.900 bits per heavy atom. The minimum Gasteiger partial charge on any atom is -0.334 e. The van der Waals surface area contributed by atoms with E-state index in [4.69, 9.17) is 0 Å². The first kappa shape index (κ1) is 20.8. The van der Waals surface area contributed by atoms with Crippen molar-refractivity contribution in [1.29, 1.82) is 0 Å². The van der Waals surface area contributed by atoms with Gasteiger partial charge in [0.15, 0.2) is 6.54 Å². The predicted molar refractivity (Wildman–Crippen MR) is 116 cm³/mol. The Morgan fingerprint density at radius 2 is 1.53 bits per heavy atom. The summed E-state index contributed by atoms with van der Waals surface area (Å²) in [4.78, 5) is 16.1. The number of rotatable bonds is 5. The molecule has 0 aliphatic carbocycles. The highest BCUT2D eigenvalue weighted by molar-refractivity contribution is 7.89. The van der Waals surface area contributed by atoms with E-state index in [0.29, 0.717) is 44.2 Å². The van der Waals surface area contributed by atoms with Crippen LogP contribution in [0.25, 0.3) is 5.57 Å². The van der Waals surface area contributed by atoms with Gasteiger partial charge in [-0.2, -0.15) is 4.31 Å². The number of benzene rings is 2. The number of amides is 1. The van der Waals surface area contributed by atoms with Gasteiger partial charge in [0.2, 0.25) is 10.0 Å². The van der Waals surface area contributed by atoms with Gasteiger partial charge in [-0.1, -0.05) is 54.6 Å². The highest BCUT2D eigenvalue weighted by Gasteiger charge is 2.32. The fourth-order valence-electron chi connectivity index (χ4n) is 4.10. The molecule has 1 amide bonds. The van der Waals surface area contributed by atoms with Crippen LogP contribution in [0.2, 0.25) is 0 Å². The van der Waals surface area contributed by atoms with Gasteiger partial charge in [-0.25, -0.2) is 8.42 Å². The predicted octanol–water partition coefficient (Wildman–Crippen LogP) is 0.892. The molecule has 1 N–H and O–H groups in total. The van der Waals surface area contributed by atoms with Crippen LogP contribution in [0.4, 0.5) is 0 Å². The zero-order chi connectivity index (χ0) is 21.0. The molecule has 0 bridgehead atoms. The number of nitrogens with zero attached hydrogens (tertiary/aromatic N) is 2. The SMILES string of the molecule is O=C(C[NH+]1CCN(S(=O)(=O)c2ccccc2)CC1)N1CC=C(c2ccccc2)CC1. The van der Waals surface area contributed by atoms with E-state index in [1.807, 2.05) is 29.2 Å². The van der Waals surface area contributed by atoms with Crippen LogP contribution in [0.5, 0.6) is 0 Å². The summed E-state index contributed by atoms with van der Waals surface area (Å²) in [6.45, 7) is 3.99. The molecule has 6 nitrogen and oxygen atoms in total. The van der Waals surface area contributed by atoms with Crippen molar-refractivity contribution in [2.45, 2.75) is 11.3 Å². The molecule has 2 heterocycles. The Bertz CT molecular complexity index is 999. The molecule has 158 valence electrons. The van der Waals surface area contributed by atoms with Gasteiger partial charge >= 0.3 is 0 Å². The minimum absolute atomic E-state index is 0.146. The Hall–Kier alpha value is -2.48. The van der Waals surface area contributed by atoms with E-state index in [1.54, 1.807) is 24.3 Å². The van der Waals surface area contributed by atoms with Crippen LogP contribution < -0.4 is 4.90 Å². The van der Waals surface area contributed by atoms with Crippen molar-refractivity contribution in [2.24, 2.45) is 0 Å². The fourth-order valence-corrected chi connectivity index (χ4v) is 5.56. The summed E-state index contributed by atoms with van der Waals surface area (Å²) in [6, 6.07) is 18.8. The van der Waals surface area contributed by atoms with Crippen molar-refractivity contribution in [2.75, 3.05) is 45.8 Å². The quantitative estimate of drug-likeness (QED) is 0.773. The van der Waals surface area contributed by atoms with E-state index >= 15 is 0 Å². The highest BCUT2D eigenvalue weighted by Crippen LogP contribution is 2.21. The molecule has 0 saturated carbocycles. The molecule has 1 fully saturated rings. The van der Waals surface area contributed by atoms with Gasteiger partial charge in [-0.05, 0) is 29.7 Å². The zero-order valence-corrected chi connectivity index (χ0v) is 17.9. The Balaban J connectivity index is 1.28. The lowest BCUT2D eigenvalue weighted by molar-refractivity contribution is -0.896. The maximum absolute atomic E-state index is 12.8. The van der Waals surface area contributed by atoms with Crippen molar-refractivity contribution in [3.63, 3.8) is 0 Å². The summed E-state index contributed by atoms with van der Waals surface area (Å²) in [5.41, 5.74) is 2.53. The van der Waals surface area contributed by atoms with Gasteiger partial charge in [-0.15, -0.1) is 0 Å². The molecule has 0 radical (unpaired) electrons. The molecule has 0 spiro atoms. The summed E-state index contributed by atoms with van der Waals surface area (Å²) >= 11 is 0. The van der Waals surface area contributed by atoms with Crippen molar-refractivity contribution < 1.29 is 18.1 Å². The third-order valence-corrected chi connectivity index (χ3v) is 7.83. The molecule has 2 aromatic rings. The number of carbonyl (C=O) groups is 1. The monoisotopic (exact) mass is 426 g/mol. The molecule has 0 atom stereocenters. The summed E-state index contributed by atoms with van der Waals surface area (Å²) in [6.07, 6.45) is 3.02. The Labute approximate surface area is 178 Å². The summed E-state index contributed by atoms with van der Waals surface area (Å²) in [5, 5.41) is 0. The molecule has 7 heteroatoms. The van der Waals surface area contributed by atoms with Crippen LogP contribution in [0.3, 0.4) is 0 Å². The van der Waals surface area contributed by atoms with Crippen molar-refractivity contribution >= 4 is 21.5 Å². The molecule has 0 aromatic heterocycles. The standard InChI is InChI=1S/C23H27N3O3S/c27-23(25-13-11-21(12-14-25)20-7-3-1-4-8-20)19-24-15-17-26(18-16-24)30(28,29)22-9-5-2-6-10-22/h1-11H,12-19H2/p+1. The Kier molecular flexibility index (Phi) is 6.32. The van der Waals surface area contributed by atoms with Crippen molar-refractivity contribution in [1.82, 2.24) is 9.21 Å². The zero-order valence-electron chi connectivity index (χ0n) is 17.0. The average Bonchev–Trinajstić information content (AvgIpc) is 2.81. The molecule has 4 rings (SSSR count). The van der Waals surface area contributed by atoms with Crippen molar-refractivity contribution in [3.8, 4) is 0 Å². The molecular weight excluding hydrogens is 398 g/mol. The lowest BCUT2D eigenvalue weighted by Crippen LogP contribution is -3.15. The normalized spacial score (nSPS) is 18.8. The van der Waals surface area contributed by atoms with Crippen molar-refractivity contribution in [3.05, 3.63) is 72.3 Å². The summed E-state index contributed by atoms with van der Waals surface area (Å²) < 4.78 is 27.0. The van der Waals surface area contributed by atoms with Crippen LogP contribution in [0, 0.1) is 0 Å². The lowest BCUT2D eigenvalue weighted by Gasteiger charge is -2.33. The average molecular weight is 427 g/mol. The third-order valence-electron chi connectivity index (χ3n) is 5.92. The second-order valence-corrected chi connectivity index (χ2v) is 9.77. The van der Waals surface area contributed by atoms with Gasteiger partial charge < -0.3 is 9.80 Å². The van der Waals surface area contributed by atoms with E-state index in [-0.39, 0.29) is 5.91 Å². The Morgan fingerprint density at radius 3 is 2.13 bits per heavy atom. The number of quaternary nitrogens is 1. The highest BCUT2D eigenvalue weighted by atomic mass is 32.2. The van der Waals surface area contributed by atoms with Crippen LogP contribution in [-0.2, 0) is 14.8 Å². The third kappa shape index (κ3) is 4.64. The van der Waals surface area contributed by atoms with E-state index in [2.05, 4.69) is 18.2 Å². The van der Waals surface area contributed by atoms with Gasteiger partial charge in [0.1, 0.15) is 0 Å². The molecule has 2 aromatic carbocycles. The largest absolute Gasteiger partial charge is 0.334 e. The number of hydrogen-bond acceptors (Lipinski definition) is 3. The van der Waals surface area contributed by atoms with Crippen LogP contribution in [0.15, 0.2) is 71.6 Å². The van der Waals surface area contributed by atoms with Gasteiger partial charge in [-0.3, -0.25) is 4.79 Å². The number of nitrogens with one attached hydrogen (secondary N) is 1. The van der Waals surface area contributed by atoms with Gasteiger partial charge in [0.05, 0.1) is 31.1 Å². The first-order valence-electron chi connectivity index (χ1n) is 10.4. The second kappa shape index (κ2) is 9.12. The van der Waals surface area contributed by atoms with E-state index < -0.39 is 10.0 Å². The maximum Gasteiger partial charge on any atom is 0.278 e. The molecule has 2 aliphatic rings. The number of hydrogen-bond donors (Lipinski definition) is 1. The first-order valence-corrected chi connectivity index (χ1v) is 11.9. The van der Waals surface area contributed by atoms with E-state index in [0.717, 1.165) is 17.9 Å². The maximum atomic E-state index is 12.8. The smallest absolute Gasteiger partial charge is 0.278 e. The number of carbonyl (C=O) groups excluding carboxylic acids is 1.